The molecule has 1 aromatic heterocycles. The molecule has 0 bridgehead atoms. The van der Waals surface area contributed by atoms with Gasteiger partial charge in [0.05, 0.1) is 11.9 Å². The van der Waals surface area contributed by atoms with Gasteiger partial charge in [0.25, 0.3) is 5.91 Å². The third-order valence-electron chi connectivity index (χ3n) is 3.64. The molecule has 1 amide bonds. The molecule has 0 atom stereocenters. The van der Waals surface area contributed by atoms with Crippen LogP contribution in [0.4, 0.5) is 5.69 Å². The fraction of sp³-hybridized carbons (Fsp3) is 0.0500. The Kier molecular flexibility index (Phi) is 6.08. The lowest BCUT2D eigenvalue weighted by Gasteiger charge is -2.11. The second-order valence-electron chi connectivity index (χ2n) is 5.60. The Hall–Kier alpha value is -3.58. The van der Waals surface area contributed by atoms with Crippen molar-refractivity contribution in [3.63, 3.8) is 0 Å². The number of hydrogen-bond acceptors (Lipinski definition) is 6. The van der Waals surface area contributed by atoms with Crippen LogP contribution < -0.4 is 5.32 Å². The molecule has 7 nitrogen and oxygen atoms in total. The third-order valence-corrected chi connectivity index (χ3v) is 3.88. The van der Waals surface area contributed by atoms with Gasteiger partial charge in [-0.25, -0.2) is 9.78 Å². The maximum absolute atomic E-state index is 12.7. The van der Waals surface area contributed by atoms with E-state index in [9.17, 15) is 14.4 Å². The number of nitrogens with zero attached hydrogens (tertiary/aromatic N) is 2. The average molecular weight is 396 g/mol. The lowest BCUT2D eigenvalue weighted by Crippen LogP contribution is -2.22. The number of rotatable bonds is 6. The van der Waals surface area contributed by atoms with E-state index in [2.05, 4.69) is 15.3 Å². The highest BCUT2D eigenvalue weighted by Gasteiger charge is 2.17. The van der Waals surface area contributed by atoms with E-state index < -0.39 is 18.5 Å². The van der Waals surface area contributed by atoms with Crippen LogP contribution in [-0.4, -0.2) is 34.2 Å². The number of halogens is 1. The largest absolute Gasteiger partial charge is 0.451 e. The minimum Gasteiger partial charge on any atom is -0.451 e. The van der Waals surface area contributed by atoms with Gasteiger partial charge in [-0.1, -0.05) is 41.9 Å². The van der Waals surface area contributed by atoms with Crippen molar-refractivity contribution in [2.45, 2.75) is 0 Å². The summed E-state index contributed by atoms with van der Waals surface area (Å²) in [4.78, 5) is 44.3. The first-order chi connectivity index (χ1) is 13.5. The Labute approximate surface area is 165 Å². The SMILES string of the molecule is O=C(COC(=O)c1cnccn1)Nc1ccc(Cl)cc1C(=O)c1ccccc1. The van der Waals surface area contributed by atoms with Gasteiger partial charge >= 0.3 is 5.97 Å². The smallest absolute Gasteiger partial charge is 0.359 e. The number of amides is 1. The molecular formula is C20H14ClN3O4. The molecule has 8 heteroatoms. The van der Waals surface area contributed by atoms with E-state index >= 15 is 0 Å². The van der Waals surface area contributed by atoms with Crippen molar-refractivity contribution in [3.05, 3.63) is 89.0 Å². The summed E-state index contributed by atoms with van der Waals surface area (Å²) in [5.74, 6) is -1.68. The van der Waals surface area contributed by atoms with Crippen LogP contribution >= 0.6 is 11.6 Å². The highest BCUT2D eigenvalue weighted by Crippen LogP contribution is 2.23. The summed E-state index contributed by atoms with van der Waals surface area (Å²) in [6.07, 6.45) is 3.98. The van der Waals surface area contributed by atoms with Crippen molar-refractivity contribution >= 4 is 34.9 Å². The predicted molar refractivity (Wildman–Crippen MR) is 102 cm³/mol. The number of anilines is 1. The molecule has 0 radical (unpaired) electrons. The van der Waals surface area contributed by atoms with Gasteiger partial charge in [0.15, 0.2) is 18.1 Å². The first-order valence-electron chi connectivity index (χ1n) is 8.17. The highest BCUT2D eigenvalue weighted by molar-refractivity contribution is 6.31. The lowest BCUT2D eigenvalue weighted by molar-refractivity contribution is -0.119. The van der Waals surface area contributed by atoms with Crippen LogP contribution in [0.2, 0.25) is 5.02 Å². The number of carbonyl (C=O) groups excluding carboxylic acids is 3. The zero-order valence-electron chi connectivity index (χ0n) is 14.5. The summed E-state index contributed by atoms with van der Waals surface area (Å²) in [6, 6.07) is 13.1. The van der Waals surface area contributed by atoms with Gasteiger partial charge in [0.1, 0.15) is 0 Å². The average Bonchev–Trinajstić information content (AvgIpc) is 2.74. The standard InChI is InChI=1S/C20H14ClN3O4/c21-14-6-7-16(15(10-14)19(26)13-4-2-1-3-5-13)24-18(25)12-28-20(27)17-11-22-8-9-23-17/h1-11H,12H2,(H,24,25). The molecule has 28 heavy (non-hydrogen) atoms. The molecule has 0 saturated heterocycles. The van der Waals surface area contributed by atoms with Gasteiger partial charge in [-0.15, -0.1) is 0 Å². The molecule has 0 aliphatic rings. The summed E-state index contributed by atoms with van der Waals surface area (Å²) >= 11 is 6.01. The summed E-state index contributed by atoms with van der Waals surface area (Å²) in [6.45, 7) is -0.545. The Bertz CT molecular complexity index is 1010. The number of aromatic nitrogens is 2. The van der Waals surface area contributed by atoms with E-state index in [1.807, 2.05) is 0 Å². The molecule has 1 N–H and O–H groups in total. The van der Waals surface area contributed by atoms with E-state index in [1.165, 1.54) is 30.7 Å². The van der Waals surface area contributed by atoms with Gasteiger partial charge in [-0.05, 0) is 18.2 Å². The van der Waals surface area contributed by atoms with Crippen LogP contribution in [0.25, 0.3) is 0 Å². The van der Waals surface area contributed by atoms with Gasteiger partial charge in [-0.3, -0.25) is 14.6 Å². The number of nitrogens with one attached hydrogen (secondary N) is 1. The van der Waals surface area contributed by atoms with E-state index in [0.29, 0.717) is 10.6 Å². The second-order valence-corrected chi connectivity index (χ2v) is 6.04. The Morgan fingerprint density at radius 3 is 2.54 bits per heavy atom. The number of benzene rings is 2. The monoisotopic (exact) mass is 395 g/mol. The topological polar surface area (TPSA) is 98.2 Å². The Balaban J connectivity index is 1.71. The summed E-state index contributed by atoms with van der Waals surface area (Å²) < 4.78 is 4.91. The van der Waals surface area contributed by atoms with Crippen molar-refractivity contribution in [1.82, 2.24) is 9.97 Å². The molecular weight excluding hydrogens is 382 g/mol. The molecule has 1 heterocycles. The van der Waals surface area contributed by atoms with Crippen LogP contribution in [-0.2, 0) is 9.53 Å². The van der Waals surface area contributed by atoms with Gasteiger partial charge in [0.2, 0.25) is 0 Å². The van der Waals surface area contributed by atoms with E-state index in [1.54, 1.807) is 36.4 Å². The van der Waals surface area contributed by atoms with Crippen LogP contribution in [0.5, 0.6) is 0 Å². The molecule has 0 saturated carbocycles. The molecule has 3 aromatic rings. The summed E-state index contributed by atoms with van der Waals surface area (Å²) in [7, 11) is 0. The maximum atomic E-state index is 12.7. The zero-order valence-corrected chi connectivity index (χ0v) is 15.2. The summed E-state index contributed by atoms with van der Waals surface area (Å²) in [5, 5.41) is 2.92. The van der Waals surface area contributed by atoms with E-state index in [0.717, 1.165) is 0 Å². The number of esters is 1. The molecule has 0 spiro atoms. The normalized spacial score (nSPS) is 10.2. The van der Waals surface area contributed by atoms with Crippen LogP contribution in [0, 0.1) is 0 Å². The van der Waals surface area contributed by atoms with Gasteiger partial charge < -0.3 is 10.1 Å². The van der Waals surface area contributed by atoms with Gasteiger partial charge in [-0.2, -0.15) is 0 Å². The fourth-order valence-corrected chi connectivity index (χ4v) is 2.53. The number of ether oxygens (including phenoxy) is 1. The summed E-state index contributed by atoms with van der Waals surface area (Å²) in [5.41, 5.74) is 0.933. The van der Waals surface area contributed by atoms with Crippen molar-refractivity contribution in [2.24, 2.45) is 0 Å². The Morgan fingerprint density at radius 2 is 1.82 bits per heavy atom. The Morgan fingerprint density at radius 1 is 1.04 bits per heavy atom. The third kappa shape index (κ3) is 4.77. The van der Waals surface area contributed by atoms with E-state index in [-0.39, 0.29) is 22.7 Å². The minimum absolute atomic E-state index is 0.0123. The van der Waals surface area contributed by atoms with E-state index in [4.69, 9.17) is 16.3 Å². The molecule has 140 valence electrons. The number of hydrogen-bond donors (Lipinski definition) is 1. The fourth-order valence-electron chi connectivity index (χ4n) is 2.35. The first-order valence-corrected chi connectivity index (χ1v) is 8.54. The quantitative estimate of drug-likeness (QED) is 0.508. The van der Waals surface area contributed by atoms with Crippen LogP contribution in [0.1, 0.15) is 26.4 Å². The lowest BCUT2D eigenvalue weighted by atomic mass is 10.0. The zero-order chi connectivity index (χ0) is 19.9. The molecule has 0 fully saturated rings. The first kappa shape index (κ1) is 19.2. The maximum Gasteiger partial charge on any atom is 0.359 e. The number of ketones is 1. The van der Waals surface area contributed by atoms with Crippen molar-refractivity contribution in [2.75, 3.05) is 11.9 Å². The predicted octanol–water partition coefficient (Wildman–Crippen LogP) is 3.16. The second kappa shape index (κ2) is 8.88. The van der Waals surface area contributed by atoms with Crippen molar-refractivity contribution in [1.29, 1.82) is 0 Å². The molecule has 2 aromatic carbocycles. The van der Waals surface area contributed by atoms with Crippen LogP contribution in [0.3, 0.4) is 0 Å². The molecule has 3 rings (SSSR count). The minimum atomic E-state index is -0.778. The molecule has 0 unspecified atom stereocenters. The van der Waals surface area contributed by atoms with Crippen molar-refractivity contribution < 1.29 is 19.1 Å². The highest BCUT2D eigenvalue weighted by atomic mass is 35.5. The number of carbonyl (C=O) groups is 3. The van der Waals surface area contributed by atoms with Crippen molar-refractivity contribution in [3.8, 4) is 0 Å². The molecule has 0 aliphatic carbocycles. The molecule has 0 aliphatic heterocycles. The van der Waals surface area contributed by atoms with Gasteiger partial charge in [0, 0.05) is 28.5 Å². The van der Waals surface area contributed by atoms with Crippen LogP contribution in [0.15, 0.2) is 67.1 Å².